The van der Waals surface area contributed by atoms with Gasteiger partial charge in [-0.25, -0.2) is 0 Å². The summed E-state index contributed by atoms with van der Waals surface area (Å²) in [6.07, 6.45) is -2.36. The second-order valence-electron chi connectivity index (χ2n) is 11.9. The summed E-state index contributed by atoms with van der Waals surface area (Å²) in [5.41, 5.74) is 5.43. The number of carbonyl (C=O) groups excluding carboxylic acids is 4. The molecule has 0 fully saturated rings. The second kappa shape index (κ2) is 17.6. The Bertz CT molecular complexity index is 1670. The number of rotatable bonds is 16. The zero-order valence-electron chi connectivity index (χ0n) is 27.0. The molecule has 0 saturated carbocycles. The van der Waals surface area contributed by atoms with Crippen LogP contribution in [-0.4, -0.2) is 52.6 Å². The number of amides is 4. The van der Waals surface area contributed by atoms with Crippen molar-refractivity contribution in [3.8, 4) is 0 Å². The van der Waals surface area contributed by atoms with Crippen molar-refractivity contribution >= 4 is 37.1 Å². The van der Waals surface area contributed by atoms with Gasteiger partial charge in [-0.2, -0.15) is 13.2 Å². The van der Waals surface area contributed by atoms with Crippen molar-refractivity contribution in [3.05, 3.63) is 113 Å². The SMILES string of the molecule is CC(C)C[C@H](NC(=O)CP(=O)(O)C(Cc1ccccc1)NC(=O)c1cccc(C(F)(F)F)c1)C(=O)N[C@@H](CC=Cc1ccccc1)C(N)=O. The predicted octanol–water partition coefficient (Wildman–Crippen LogP) is 4.88. The summed E-state index contributed by atoms with van der Waals surface area (Å²) in [5.74, 6) is -5.27. The average Bonchev–Trinajstić information content (AvgIpc) is 3.03. The highest BCUT2D eigenvalue weighted by molar-refractivity contribution is 7.59. The number of primary amides is 1. The number of alkyl halides is 3. The highest BCUT2D eigenvalue weighted by atomic mass is 31.2. The monoisotopic (exact) mass is 700 g/mol. The van der Waals surface area contributed by atoms with E-state index in [9.17, 15) is 41.8 Å². The van der Waals surface area contributed by atoms with E-state index in [1.54, 1.807) is 56.3 Å². The van der Waals surface area contributed by atoms with Crippen molar-refractivity contribution in [3.63, 3.8) is 0 Å². The fourth-order valence-corrected chi connectivity index (χ4v) is 6.42. The van der Waals surface area contributed by atoms with Gasteiger partial charge in [-0.1, -0.05) is 92.7 Å². The highest BCUT2D eigenvalue weighted by Gasteiger charge is 2.37. The molecule has 262 valence electrons. The van der Waals surface area contributed by atoms with Crippen LogP contribution in [0.25, 0.3) is 6.08 Å². The molecule has 0 radical (unpaired) electrons. The summed E-state index contributed by atoms with van der Waals surface area (Å²) in [5, 5.41) is 7.36. The molecule has 0 saturated heterocycles. The first-order valence-electron chi connectivity index (χ1n) is 15.5. The quantitative estimate of drug-likeness (QED) is 0.134. The first-order valence-corrected chi connectivity index (χ1v) is 17.4. The number of carbonyl (C=O) groups is 4. The number of hydrogen-bond acceptors (Lipinski definition) is 5. The molecule has 0 bridgehead atoms. The molecule has 3 rings (SSSR count). The van der Waals surface area contributed by atoms with Crippen molar-refractivity contribution in [1.29, 1.82) is 0 Å². The van der Waals surface area contributed by atoms with Crippen molar-refractivity contribution in [2.24, 2.45) is 11.7 Å². The van der Waals surface area contributed by atoms with Crippen LogP contribution >= 0.6 is 7.37 Å². The molecule has 10 nitrogen and oxygen atoms in total. The second-order valence-corrected chi connectivity index (χ2v) is 14.4. The standard InChI is InChI=1S/C35H40F3N4O6P/c1-23(2)19-29(34(46)41-28(32(39)44)18-9-15-24-11-5-3-6-12-24)40-30(43)22-49(47,48)31(20-25-13-7-4-8-14-25)42-33(45)26-16-10-17-27(21-26)35(36,37)38/h3-17,21,23,28-29,31H,18-20,22H2,1-2H3,(H2,39,44)(H,40,43)(H,41,46)(H,42,45)(H,47,48)/t28-,29-,31?/m0/s1. The number of nitrogens with two attached hydrogens (primary N) is 1. The van der Waals surface area contributed by atoms with E-state index in [1.807, 2.05) is 30.3 Å². The molecule has 2 unspecified atom stereocenters. The number of nitrogens with one attached hydrogen (secondary N) is 3. The Hall–Kier alpha value is -4.74. The molecule has 6 N–H and O–H groups in total. The van der Waals surface area contributed by atoms with E-state index in [1.165, 1.54) is 0 Å². The molecule has 14 heteroatoms. The predicted molar refractivity (Wildman–Crippen MR) is 180 cm³/mol. The van der Waals surface area contributed by atoms with E-state index < -0.39 is 72.3 Å². The molecule has 4 amide bonds. The van der Waals surface area contributed by atoms with Gasteiger partial charge in [0.1, 0.15) is 24.0 Å². The minimum Gasteiger partial charge on any atom is -0.368 e. The van der Waals surface area contributed by atoms with Gasteiger partial charge in [0, 0.05) is 12.0 Å². The van der Waals surface area contributed by atoms with Crippen molar-refractivity contribution in [2.45, 2.75) is 57.2 Å². The molecular weight excluding hydrogens is 660 g/mol. The van der Waals surface area contributed by atoms with Crippen LogP contribution in [-0.2, 0) is 31.5 Å². The fourth-order valence-electron chi connectivity index (χ4n) is 4.89. The molecule has 3 aromatic carbocycles. The van der Waals surface area contributed by atoms with Crippen LogP contribution in [0.4, 0.5) is 13.2 Å². The summed E-state index contributed by atoms with van der Waals surface area (Å²) in [7, 11) is -4.63. The molecular formula is C35H40F3N4O6P. The molecule has 49 heavy (non-hydrogen) atoms. The van der Waals surface area contributed by atoms with Crippen molar-refractivity contribution < 1.29 is 41.8 Å². The molecule has 0 heterocycles. The van der Waals surface area contributed by atoms with E-state index in [4.69, 9.17) is 5.73 Å². The lowest BCUT2D eigenvalue weighted by Gasteiger charge is -2.26. The third-order valence-corrected chi connectivity index (χ3v) is 9.41. The summed E-state index contributed by atoms with van der Waals surface area (Å²) in [4.78, 5) is 62.8. The van der Waals surface area contributed by atoms with Crippen LogP contribution in [0, 0.1) is 5.92 Å². The van der Waals surface area contributed by atoms with Gasteiger partial charge in [0.05, 0.1) is 5.56 Å². The van der Waals surface area contributed by atoms with Crippen LogP contribution in [0.5, 0.6) is 0 Å². The topological polar surface area (TPSA) is 168 Å². The average molecular weight is 701 g/mol. The molecule has 3 aromatic rings. The molecule has 0 aliphatic heterocycles. The van der Waals surface area contributed by atoms with Crippen LogP contribution in [0.15, 0.2) is 91.0 Å². The Morgan fingerprint density at radius 2 is 1.51 bits per heavy atom. The Balaban J connectivity index is 1.77. The van der Waals surface area contributed by atoms with E-state index >= 15 is 0 Å². The highest BCUT2D eigenvalue weighted by Crippen LogP contribution is 2.46. The van der Waals surface area contributed by atoms with E-state index in [-0.39, 0.29) is 25.2 Å². The summed E-state index contributed by atoms with van der Waals surface area (Å²) in [6, 6.07) is 18.7. The van der Waals surface area contributed by atoms with Gasteiger partial charge in [-0.05, 0) is 48.1 Å². The maximum Gasteiger partial charge on any atom is 0.416 e. The smallest absolute Gasteiger partial charge is 0.368 e. The Morgan fingerprint density at radius 1 is 0.878 bits per heavy atom. The first kappa shape index (κ1) is 38.7. The zero-order valence-corrected chi connectivity index (χ0v) is 27.9. The van der Waals surface area contributed by atoms with Gasteiger partial charge in [0.2, 0.25) is 25.1 Å². The van der Waals surface area contributed by atoms with E-state index in [2.05, 4.69) is 16.0 Å². The summed E-state index contributed by atoms with van der Waals surface area (Å²) >= 11 is 0. The Kier molecular flexibility index (Phi) is 13.9. The third-order valence-electron chi connectivity index (χ3n) is 7.38. The Morgan fingerprint density at radius 3 is 2.10 bits per heavy atom. The van der Waals surface area contributed by atoms with Gasteiger partial charge in [-0.15, -0.1) is 0 Å². The lowest BCUT2D eigenvalue weighted by molar-refractivity contribution is -0.137. The number of halogens is 3. The minimum absolute atomic E-state index is 0.0664. The van der Waals surface area contributed by atoms with Gasteiger partial charge < -0.3 is 26.6 Å². The van der Waals surface area contributed by atoms with Gasteiger partial charge in [-0.3, -0.25) is 23.7 Å². The molecule has 0 aliphatic carbocycles. The minimum atomic E-state index is -4.72. The molecule has 4 atom stereocenters. The van der Waals surface area contributed by atoms with Crippen LogP contribution in [0.3, 0.4) is 0 Å². The number of hydrogen-bond donors (Lipinski definition) is 5. The van der Waals surface area contributed by atoms with Crippen molar-refractivity contribution in [2.75, 3.05) is 6.16 Å². The first-order chi connectivity index (χ1) is 23.0. The van der Waals surface area contributed by atoms with Crippen LogP contribution in [0.2, 0.25) is 0 Å². The van der Waals surface area contributed by atoms with Gasteiger partial charge in [0.15, 0.2) is 0 Å². The van der Waals surface area contributed by atoms with Gasteiger partial charge in [0.25, 0.3) is 5.91 Å². The van der Waals surface area contributed by atoms with E-state index in [0.717, 1.165) is 23.8 Å². The molecule has 0 aliphatic rings. The lowest BCUT2D eigenvalue weighted by Crippen LogP contribution is -2.53. The molecule has 0 spiro atoms. The zero-order chi connectivity index (χ0) is 36.2. The Labute approximate surface area is 282 Å². The van der Waals surface area contributed by atoms with Crippen LogP contribution in [0.1, 0.15) is 53.7 Å². The van der Waals surface area contributed by atoms with E-state index in [0.29, 0.717) is 11.6 Å². The molecule has 0 aromatic heterocycles. The summed E-state index contributed by atoms with van der Waals surface area (Å²) in [6.45, 7) is 3.58. The fraction of sp³-hybridized carbons (Fsp3) is 0.314. The van der Waals surface area contributed by atoms with Crippen LogP contribution < -0.4 is 21.7 Å². The maximum absolute atomic E-state index is 13.7. The largest absolute Gasteiger partial charge is 0.416 e. The lowest BCUT2D eigenvalue weighted by atomic mass is 10.0. The van der Waals surface area contributed by atoms with Gasteiger partial charge >= 0.3 is 6.18 Å². The normalized spacial score (nSPS) is 14.8. The van der Waals surface area contributed by atoms with Crippen molar-refractivity contribution in [1.82, 2.24) is 16.0 Å². The summed E-state index contributed by atoms with van der Waals surface area (Å²) < 4.78 is 53.5. The maximum atomic E-state index is 13.7. The number of benzene rings is 3. The third kappa shape index (κ3) is 12.7.